The fourth-order valence-corrected chi connectivity index (χ4v) is 8.55. The zero-order valence-corrected chi connectivity index (χ0v) is 20.2. The Morgan fingerprint density at radius 3 is 2.45 bits per heavy atom. The minimum absolute atomic E-state index is 0.0752. The van der Waals surface area contributed by atoms with Gasteiger partial charge in [-0.3, -0.25) is 9.59 Å². The average molecular weight is 431 g/mol. The molecule has 0 spiro atoms. The lowest BCUT2D eigenvalue weighted by Gasteiger charge is -2.59. The number of methoxy groups -OCH3 is 1. The SMILES string of the molecule is COC(=O)CC[C@@H](C)C1CCC2C3C=C[C@@H]4C[C@H](OC(C)=O)CC[C@]4(C)C3CC[C@@]21C. The molecule has 3 saturated carbocycles. The maximum atomic E-state index is 11.7. The molecule has 4 unspecified atom stereocenters. The topological polar surface area (TPSA) is 52.6 Å². The summed E-state index contributed by atoms with van der Waals surface area (Å²) in [5.74, 6) is 3.80. The summed E-state index contributed by atoms with van der Waals surface area (Å²) >= 11 is 0. The predicted molar refractivity (Wildman–Crippen MR) is 121 cm³/mol. The van der Waals surface area contributed by atoms with Gasteiger partial charge in [-0.1, -0.05) is 32.9 Å². The van der Waals surface area contributed by atoms with Crippen molar-refractivity contribution in [1.29, 1.82) is 0 Å². The molecule has 3 fully saturated rings. The lowest BCUT2D eigenvalue weighted by Crippen LogP contribution is -2.52. The summed E-state index contributed by atoms with van der Waals surface area (Å²) in [4.78, 5) is 23.1. The molecule has 4 aliphatic carbocycles. The van der Waals surface area contributed by atoms with Gasteiger partial charge in [0.05, 0.1) is 7.11 Å². The molecule has 0 aromatic carbocycles. The van der Waals surface area contributed by atoms with E-state index in [0.717, 1.165) is 31.1 Å². The molecule has 0 N–H and O–H groups in total. The van der Waals surface area contributed by atoms with E-state index in [-0.39, 0.29) is 18.0 Å². The second kappa shape index (κ2) is 8.56. The first-order valence-electron chi connectivity index (χ1n) is 12.6. The third-order valence-corrected chi connectivity index (χ3v) is 10.2. The number of esters is 2. The van der Waals surface area contributed by atoms with Gasteiger partial charge in [0.2, 0.25) is 0 Å². The van der Waals surface area contributed by atoms with Crippen molar-refractivity contribution in [3.05, 3.63) is 12.2 Å². The molecule has 9 atom stereocenters. The third-order valence-electron chi connectivity index (χ3n) is 10.2. The Morgan fingerprint density at radius 2 is 1.74 bits per heavy atom. The van der Waals surface area contributed by atoms with E-state index in [1.807, 2.05) is 0 Å². The Kier molecular flexibility index (Phi) is 6.31. The largest absolute Gasteiger partial charge is 0.469 e. The Balaban J connectivity index is 1.49. The normalized spacial score (nSPS) is 44.5. The Hall–Kier alpha value is -1.32. The molecule has 0 amide bonds. The van der Waals surface area contributed by atoms with E-state index in [1.165, 1.54) is 46.1 Å². The van der Waals surface area contributed by atoms with Crippen LogP contribution in [0.3, 0.4) is 0 Å². The second-order valence-corrected chi connectivity index (χ2v) is 11.6. The Labute approximate surface area is 188 Å². The summed E-state index contributed by atoms with van der Waals surface area (Å²) in [5, 5.41) is 0. The molecule has 0 aromatic heterocycles. The minimum Gasteiger partial charge on any atom is -0.469 e. The van der Waals surface area contributed by atoms with Crippen molar-refractivity contribution in [2.75, 3.05) is 7.11 Å². The van der Waals surface area contributed by atoms with Crippen molar-refractivity contribution in [1.82, 2.24) is 0 Å². The molecule has 4 nitrogen and oxygen atoms in total. The van der Waals surface area contributed by atoms with Gasteiger partial charge in [0.25, 0.3) is 0 Å². The lowest BCUT2D eigenvalue weighted by molar-refractivity contribution is -0.153. The molecule has 0 saturated heterocycles. The molecule has 174 valence electrons. The summed E-state index contributed by atoms with van der Waals surface area (Å²) < 4.78 is 10.5. The van der Waals surface area contributed by atoms with E-state index in [9.17, 15) is 9.59 Å². The van der Waals surface area contributed by atoms with Crippen LogP contribution in [0.25, 0.3) is 0 Å². The molecular weight excluding hydrogens is 388 g/mol. The van der Waals surface area contributed by atoms with E-state index in [2.05, 4.69) is 32.9 Å². The minimum atomic E-state index is -0.141. The van der Waals surface area contributed by atoms with Gasteiger partial charge in [0.15, 0.2) is 0 Å². The molecule has 0 bridgehead atoms. The number of allylic oxidation sites excluding steroid dienone is 2. The van der Waals surface area contributed by atoms with Crippen molar-refractivity contribution in [3.8, 4) is 0 Å². The van der Waals surface area contributed by atoms with E-state index in [1.54, 1.807) is 0 Å². The standard InChI is InChI=1S/C27H42O4/c1-17(6-11-25(29)30-5)22-9-10-23-21-8-7-19-16-20(31-18(2)28)12-14-26(19,3)24(21)13-15-27(22,23)4/h7-8,17,19-24H,6,9-16H2,1-5H3/t17-,19-,20-,21?,22?,23?,24?,26+,27-/m1/s1. The molecule has 4 heteroatoms. The zero-order valence-electron chi connectivity index (χ0n) is 20.2. The second-order valence-electron chi connectivity index (χ2n) is 11.6. The predicted octanol–water partition coefficient (Wildman–Crippen LogP) is 5.94. The number of fused-ring (bicyclic) bond motifs is 5. The van der Waals surface area contributed by atoms with Crippen molar-refractivity contribution in [2.45, 2.75) is 91.6 Å². The molecule has 4 rings (SSSR count). The maximum absolute atomic E-state index is 11.7. The first kappa shape index (κ1) is 22.9. The van der Waals surface area contributed by atoms with Crippen LogP contribution < -0.4 is 0 Å². The summed E-state index contributed by atoms with van der Waals surface area (Å²) in [6, 6.07) is 0. The number of carbonyl (C=O) groups is 2. The van der Waals surface area contributed by atoms with Crippen molar-refractivity contribution in [3.63, 3.8) is 0 Å². The Morgan fingerprint density at radius 1 is 1.03 bits per heavy atom. The van der Waals surface area contributed by atoms with Gasteiger partial charge in [-0.25, -0.2) is 0 Å². The third kappa shape index (κ3) is 3.97. The van der Waals surface area contributed by atoms with Crippen LogP contribution in [-0.2, 0) is 19.1 Å². The quantitative estimate of drug-likeness (QED) is 0.400. The molecular formula is C27H42O4. The first-order chi connectivity index (χ1) is 14.7. The maximum Gasteiger partial charge on any atom is 0.305 e. The van der Waals surface area contributed by atoms with Crippen molar-refractivity contribution in [2.24, 2.45) is 46.3 Å². The van der Waals surface area contributed by atoms with Gasteiger partial charge in [0, 0.05) is 13.3 Å². The van der Waals surface area contributed by atoms with Gasteiger partial charge >= 0.3 is 11.9 Å². The Bertz CT molecular complexity index is 729. The van der Waals surface area contributed by atoms with Crippen LogP contribution in [0.15, 0.2) is 12.2 Å². The highest BCUT2D eigenvalue weighted by Gasteiger charge is 2.59. The van der Waals surface area contributed by atoms with Gasteiger partial charge in [-0.2, -0.15) is 0 Å². The van der Waals surface area contributed by atoms with Crippen LogP contribution >= 0.6 is 0 Å². The highest BCUT2D eigenvalue weighted by molar-refractivity contribution is 5.69. The smallest absolute Gasteiger partial charge is 0.305 e. The number of hydrogen-bond donors (Lipinski definition) is 0. The molecule has 4 aliphatic rings. The van der Waals surface area contributed by atoms with Crippen molar-refractivity contribution >= 4 is 11.9 Å². The van der Waals surface area contributed by atoms with Gasteiger partial charge in [-0.15, -0.1) is 0 Å². The fourth-order valence-electron chi connectivity index (χ4n) is 8.55. The zero-order chi connectivity index (χ0) is 22.4. The van der Waals surface area contributed by atoms with E-state index in [0.29, 0.717) is 40.9 Å². The van der Waals surface area contributed by atoms with E-state index in [4.69, 9.17) is 9.47 Å². The summed E-state index contributed by atoms with van der Waals surface area (Å²) in [7, 11) is 1.49. The number of ether oxygens (including phenoxy) is 2. The van der Waals surface area contributed by atoms with Crippen LogP contribution in [0, 0.1) is 46.3 Å². The van der Waals surface area contributed by atoms with Gasteiger partial charge in [-0.05, 0) is 97.7 Å². The monoisotopic (exact) mass is 430 g/mol. The summed E-state index contributed by atoms with van der Waals surface area (Å²) in [6.07, 6.45) is 15.1. The van der Waals surface area contributed by atoms with Crippen LogP contribution in [0.5, 0.6) is 0 Å². The van der Waals surface area contributed by atoms with Gasteiger partial charge < -0.3 is 9.47 Å². The summed E-state index contributed by atoms with van der Waals surface area (Å²) in [6.45, 7) is 8.97. The van der Waals surface area contributed by atoms with Crippen LogP contribution in [-0.4, -0.2) is 25.2 Å². The number of hydrogen-bond acceptors (Lipinski definition) is 4. The van der Waals surface area contributed by atoms with Crippen LogP contribution in [0.2, 0.25) is 0 Å². The van der Waals surface area contributed by atoms with Crippen molar-refractivity contribution < 1.29 is 19.1 Å². The average Bonchev–Trinajstić information content (AvgIpc) is 3.09. The van der Waals surface area contributed by atoms with Crippen LogP contribution in [0.4, 0.5) is 0 Å². The first-order valence-corrected chi connectivity index (χ1v) is 12.6. The van der Waals surface area contributed by atoms with Gasteiger partial charge in [0.1, 0.15) is 6.10 Å². The fraction of sp³-hybridized carbons (Fsp3) is 0.852. The molecule has 0 aromatic rings. The highest BCUT2D eigenvalue weighted by atomic mass is 16.5. The molecule has 0 radical (unpaired) electrons. The molecule has 0 aliphatic heterocycles. The molecule has 0 heterocycles. The lowest BCUT2D eigenvalue weighted by atomic mass is 9.46. The molecule has 31 heavy (non-hydrogen) atoms. The summed E-state index contributed by atoms with van der Waals surface area (Å²) in [5.41, 5.74) is 0.727. The van der Waals surface area contributed by atoms with Crippen LogP contribution in [0.1, 0.15) is 85.5 Å². The van der Waals surface area contributed by atoms with E-state index < -0.39 is 0 Å². The number of carbonyl (C=O) groups excluding carboxylic acids is 2. The number of rotatable bonds is 5. The van der Waals surface area contributed by atoms with E-state index >= 15 is 0 Å². The highest BCUT2D eigenvalue weighted by Crippen LogP contribution is 2.67.